The summed E-state index contributed by atoms with van der Waals surface area (Å²) in [4.78, 5) is 32.1. The van der Waals surface area contributed by atoms with Crippen molar-refractivity contribution in [1.82, 2.24) is 4.57 Å². The van der Waals surface area contributed by atoms with E-state index >= 15 is 0 Å². The number of nitrogens with zero attached hydrogens (tertiary/aromatic N) is 3. The molecule has 2 aromatic carbocycles. The van der Waals surface area contributed by atoms with Crippen molar-refractivity contribution >= 4 is 50.9 Å². The van der Waals surface area contributed by atoms with Crippen molar-refractivity contribution in [2.24, 2.45) is 4.99 Å². The van der Waals surface area contributed by atoms with Gasteiger partial charge in [-0.1, -0.05) is 38.9 Å². The minimum absolute atomic E-state index is 0.153. The number of ether oxygens (including phenoxy) is 4. The van der Waals surface area contributed by atoms with Gasteiger partial charge in [0.1, 0.15) is 11.8 Å². The van der Waals surface area contributed by atoms with Crippen molar-refractivity contribution in [3.63, 3.8) is 0 Å². The predicted molar refractivity (Wildman–Crippen MR) is 150 cm³/mol. The second kappa shape index (κ2) is 12.1. The molecule has 0 saturated carbocycles. The normalized spacial score (nSPS) is 14.8. The molecule has 0 spiro atoms. The lowest BCUT2D eigenvalue weighted by molar-refractivity contribution is -0.139. The quantitative estimate of drug-likeness (QED) is 0.343. The van der Waals surface area contributed by atoms with Gasteiger partial charge in [0.05, 0.1) is 42.7 Å². The number of benzene rings is 2. The van der Waals surface area contributed by atoms with E-state index in [1.165, 1.54) is 18.8 Å². The van der Waals surface area contributed by atoms with Gasteiger partial charge >= 0.3 is 5.97 Å². The first kappa shape index (κ1) is 28.4. The maximum absolute atomic E-state index is 13.9. The number of allylic oxidation sites excluding steroid dienone is 1. The van der Waals surface area contributed by atoms with Crippen LogP contribution in [-0.4, -0.2) is 38.0 Å². The van der Waals surface area contributed by atoms with Crippen LogP contribution >= 0.6 is 38.9 Å². The second-order valence-electron chi connectivity index (χ2n) is 8.16. The summed E-state index contributed by atoms with van der Waals surface area (Å²) in [6.07, 6.45) is 1.63. The van der Waals surface area contributed by atoms with Crippen molar-refractivity contribution < 1.29 is 23.7 Å². The van der Waals surface area contributed by atoms with Gasteiger partial charge in [-0.05, 0) is 55.8 Å². The molecule has 39 heavy (non-hydrogen) atoms. The van der Waals surface area contributed by atoms with Gasteiger partial charge in [-0.25, -0.2) is 9.79 Å². The Labute approximate surface area is 241 Å². The molecule has 0 saturated heterocycles. The number of methoxy groups -OCH3 is 2. The molecule has 1 atom stereocenters. The number of esters is 1. The summed E-state index contributed by atoms with van der Waals surface area (Å²) >= 11 is 10.9. The monoisotopic (exact) mass is 631 g/mol. The maximum Gasteiger partial charge on any atom is 0.338 e. The van der Waals surface area contributed by atoms with E-state index in [-0.39, 0.29) is 24.3 Å². The highest BCUT2D eigenvalue weighted by atomic mass is 79.9. The topological polar surface area (TPSA) is 112 Å². The van der Waals surface area contributed by atoms with Gasteiger partial charge in [-0.15, -0.1) is 0 Å². The molecule has 0 fully saturated rings. The minimum atomic E-state index is -0.870. The number of rotatable bonds is 8. The van der Waals surface area contributed by atoms with Crippen LogP contribution in [0.15, 0.2) is 55.9 Å². The van der Waals surface area contributed by atoms with Crippen LogP contribution in [0.5, 0.6) is 17.2 Å². The molecule has 4 rings (SSSR count). The van der Waals surface area contributed by atoms with Crippen LogP contribution in [0.25, 0.3) is 6.08 Å². The van der Waals surface area contributed by atoms with Gasteiger partial charge in [0.2, 0.25) is 0 Å². The smallest absolute Gasteiger partial charge is 0.338 e. The Hall–Kier alpha value is -3.59. The lowest BCUT2D eigenvalue weighted by Crippen LogP contribution is -2.40. The Morgan fingerprint density at radius 2 is 1.95 bits per heavy atom. The molecule has 0 amide bonds. The fraction of sp³-hybridized carbons (Fsp3) is 0.259. The van der Waals surface area contributed by atoms with E-state index in [1.54, 1.807) is 50.3 Å². The van der Waals surface area contributed by atoms with Crippen LogP contribution in [0.3, 0.4) is 0 Å². The summed E-state index contributed by atoms with van der Waals surface area (Å²) in [5.41, 5.74) is 1.37. The van der Waals surface area contributed by atoms with E-state index < -0.39 is 12.0 Å². The van der Waals surface area contributed by atoms with Crippen LogP contribution in [0, 0.1) is 11.3 Å². The molecule has 3 aromatic rings. The van der Waals surface area contributed by atoms with Crippen molar-refractivity contribution in [3.8, 4) is 23.3 Å². The Kier molecular flexibility index (Phi) is 8.80. The number of halogens is 2. The number of carbonyl (C=O) groups excluding carboxylic acids is 1. The zero-order chi connectivity index (χ0) is 28.3. The van der Waals surface area contributed by atoms with Crippen LogP contribution < -0.4 is 29.1 Å². The molecule has 1 aliphatic heterocycles. The summed E-state index contributed by atoms with van der Waals surface area (Å²) in [7, 11) is 3.02. The summed E-state index contributed by atoms with van der Waals surface area (Å²) in [6.45, 7) is 3.40. The van der Waals surface area contributed by atoms with E-state index in [4.69, 9.17) is 35.8 Å². The third-order valence-electron chi connectivity index (χ3n) is 5.87. The number of thiazole rings is 1. The third-order valence-corrected chi connectivity index (χ3v) is 7.77. The molecule has 0 radical (unpaired) electrons. The van der Waals surface area contributed by atoms with Crippen LogP contribution in [0.4, 0.5) is 0 Å². The van der Waals surface area contributed by atoms with Crippen molar-refractivity contribution in [2.75, 3.05) is 27.4 Å². The first-order chi connectivity index (χ1) is 18.7. The molecule has 2 heterocycles. The summed E-state index contributed by atoms with van der Waals surface area (Å²) in [6, 6.07) is 9.40. The number of fused-ring (bicyclic) bond motifs is 1. The third kappa shape index (κ3) is 5.59. The fourth-order valence-electron chi connectivity index (χ4n) is 4.18. The highest BCUT2D eigenvalue weighted by Gasteiger charge is 2.35. The maximum atomic E-state index is 13.9. The molecular weight excluding hydrogens is 610 g/mol. The van der Waals surface area contributed by atoms with E-state index in [2.05, 4.69) is 20.9 Å². The number of hydrogen-bond acceptors (Lipinski definition) is 9. The zero-order valence-corrected chi connectivity index (χ0v) is 24.6. The first-order valence-corrected chi connectivity index (χ1v) is 13.6. The largest absolute Gasteiger partial charge is 0.493 e. The van der Waals surface area contributed by atoms with E-state index in [1.807, 2.05) is 6.07 Å². The number of hydrogen-bond donors (Lipinski definition) is 0. The van der Waals surface area contributed by atoms with Gasteiger partial charge in [0.25, 0.3) is 5.56 Å². The van der Waals surface area contributed by atoms with E-state index in [0.717, 1.165) is 11.3 Å². The van der Waals surface area contributed by atoms with Crippen molar-refractivity contribution in [3.05, 3.63) is 81.9 Å². The Bertz CT molecular complexity index is 1710. The molecule has 1 aliphatic rings. The highest BCUT2D eigenvalue weighted by molar-refractivity contribution is 9.10. The average molecular weight is 633 g/mol. The minimum Gasteiger partial charge on any atom is -0.493 e. The fourth-order valence-corrected chi connectivity index (χ4v) is 5.94. The van der Waals surface area contributed by atoms with Crippen LogP contribution in [0.1, 0.15) is 31.0 Å². The molecule has 12 heteroatoms. The molecule has 9 nitrogen and oxygen atoms in total. The Balaban J connectivity index is 2.00. The SMILES string of the molecule is CCOC(=O)C1=C(C)N=c2s/c(=C\c3cc(Cl)ccc3OCC#N)c(=O)n2[C@H]1c1cc(OC)c(OC)cc1Br. The predicted octanol–water partition coefficient (Wildman–Crippen LogP) is 4.13. The standard InChI is InChI=1S/C27H23BrClN3O6S/c1-5-37-26(34)23-14(2)31-27-32(24(23)17-12-20(35-3)21(36-4)13-18(17)28)25(33)22(39-27)11-15-10-16(29)6-7-19(15)38-9-8-30/h6-7,10-13,24H,5,9H2,1-4H3/b22-11-/t24-/m0/s1. The molecule has 0 bridgehead atoms. The van der Waals surface area contributed by atoms with E-state index in [9.17, 15) is 9.59 Å². The lowest BCUT2D eigenvalue weighted by atomic mass is 9.95. The van der Waals surface area contributed by atoms with Crippen molar-refractivity contribution in [1.29, 1.82) is 5.26 Å². The zero-order valence-electron chi connectivity index (χ0n) is 21.4. The van der Waals surface area contributed by atoms with E-state index in [0.29, 0.717) is 52.9 Å². The molecule has 0 aliphatic carbocycles. The van der Waals surface area contributed by atoms with Crippen LogP contribution in [-0.2, 0) is 9.53 Å². The van der Waals surface area contributed by atoms with Gasteiger partial charge in [-0.2, -0.15) is 5.26 Å². The van der Waals surface area contributed by atoms with Gasteiger partial charge in [-0.3, -0.25) is 9.36 Å². The van der Waals surface area contributed by atoms with Gasteiger partial charge in [0, 0.05) is 15.1 Å². The number of nitriles is 1. The summed E-state index contributed by atoms with van der Waals surface area (Å²) in [5.74, 6) is 0.717. The molecular formula is C27H23BrClN3O6S. The molecule has 0 N–H and O–H groups in total. The van der Waals surface area contributed by atoms with Gasteiger partial charge < -0.3 is 18.9 Å². The Morgan fingerprint density at radius 3 is 2.62 bits per heavy atom. The lowest BCUT2D eigenvalue weighted by Gasteiger charge is -2.26. The molecule has 1 aromatic heterocycles. The first-order valence-electron chi connectivity index (χ1n) is 11.6. The number of carbonyl (C=O) groups is 1. The highest BCUT2D eigenvalue weighted by Crippen LogP contribution is 2.40. The molecule has 0 unspecified atom stereocenters. The number of aromatic nitrogens is 1. The summed E-state index contributed by atoms with van der Waals surface area (Å²) < 4.78 is 24.2. The molecule has 202 valence electrons. The summed E-state index contributed by atoms with van der Waals surface area (Å²) in [5, 5.41) is 9.38. The van der Waals surface area contributed by atoms with Crippen LogP contribution in [0.2, 0.25) is 5.02 Å². The Morgan fingerprint density at radius 1 is 1.23 bits per heavy atom. The van der Waals surface area contributed by atoms with Gasteiger partial charge in [0.15, 0.2) is 22.9 Å². The average Bonchev–Trinajstić information content (AvgIpc) is 3.21. The second-order valence-corrected chi connectivity index (χ2v) is 10.5. The van der Waals surface area contributed by atoms with Crippen molar-refractivity contribution in [2.45, 2.75) is 19.9 Å².